The molecule has 3 N–H and O–H groups in total. The van der Waals surface area contributed by atoms with Crippen molar-refractivity contribution in [2.24, 2.45) is 0 Å². The van der Waals surface area contributed by atoms with Gasteiger partial charge in [0.1, 0.15) is 0 Å². The van der Waals surface area contributed by atoms with Crippen LogP contribution in [-0.2, 0) is 0 Å². The van der Waals surface area contributed by atoms with E-state index in [1.165, 1.54) is 0 Å². The van der Waals surface area contributed by atoms with E-state index < -0.39 is 12.2 Å². The van der Waals surface area contributed by atoms with Crippen LogP contribution in [-0.4, -0.2) is 34.0 Å². The van der Waals surface area contributed by atoms with Crippen LogP contribution in [0.2, 0.25) is 0 Å². The Kier molecular flexibility index (Phi) is 3.20. The zero-order valence-corrected chi connectivity index (χ0v) is 5.37. The van der Waals surface area contributed by atoms with Gasteiger partial charge in [-0.3, -0.25) is 0 Å². The van der Waals surface area contributed by atoms with Crippen molar-refractivity contribution in [1.82, 2.24) is 10.4 Å². The minimum atomic E-state index is -1.53. The molecule has 0 saturated carbocycles. The third-order valence-electron chi connectivity index (χ3n) is 0.699. The second-order valence-corrected chi connectivity index (χ2v) is 1.41. The third-order valence-corrected chi connectivity index (χ3v) is 0.699. The van der Waals surface area contributed by atoms with Gasteiger partial charge in [0, 0.05) is 6.54 Å². The lowest BCUT2D eigenvalue weighted by molar-refractivity contribution is 0.104. The molecule has 0 aliphatic carbocycles. The minimum absolute atomic E-state index is 0.0972. The van der Waals surface area contributed by atoms with Gasteiger partial charge in [0.2, 0.25) is 0 Å². The number of imide groups is 1. The number of rotatable bonds is 2. The number of hydrogen-bond acceptors (Lipinski definition) is 3. The summed E-state index contributed by atoms with van der Waals surface area (Å²) < 4.78 is 0. The van der Waals surface area contributed by atoms with Crippen LogP contribution in [0.3, 0.4) is 0 Å². The number of hydrogen-bond donors (Lipinski definition) is 3. The van der Waals surface area contributed by atoms with E-state index in [1.807, 2.05) is 0 Å². The molecule has 0 radical (unpaired) electrons. The quantitative estimate of drug-likeness (QED) is 0.485. The Morgan fingerprint density at radius 1 is 1.40 bits per heavy atom. The van der Waals surface area contributed by atoms with E-state index in [2.05, 4.69) is 5.43 Å². The van der Waals surface area contributed by atoms with E-state index in [9.17, 15) is 9.59 Å². The predicted molar refractivity (Wildman–Crippen MR) is 31.6 cm³/mol. The monoisotopic (exact) mass is 148 g/mol. The normalized spacial score (nSPS) is 8.90. The number of hydrazine groups is 1. The number of amides is 2. The molecule has 0 rings (SSSR count). The largest absolute Gasteiger partial charge is 0.464 e. The lowest BCUT2D eigenvalue weighted by atomic mass is 10.8. The fourth-order valence-electron chi connectivity index (χ4n) is 0.375. The van der Waals surface area contributed by atoms with Gasteiger partial charge >= 0.3 is 12.2 Å². The summed E-state index contributed by atoms with van der Waals surface area (Å²) in [4.78, 5) is 20.0. The highest BCUT2D eigenvalue weighted by Crippen LogP contribution is 1.83. The Hall–Kier alpha value is -1.30. The van der Waals surface area contributed by atoms with Gasteiger partial charge in [-0.25, -0.2) is 15.0 Å². The number of nitrogens with zero attached hydrogens (tertiary/aromatic N) is 1. The molecule has 0 heterocycles. The van der Waals surface area contributed by atoms with Crippen molar-refractivity contribution in [2.75, 3.05) is 6.54 Å². The van der Waals surface area contributed by atoms with Gasteiger partial charge in [-0.05, 0) is 0 Å². The van der Waals surface area contributed by atoms with Gasteiger partial charge in [-0.2, -0.15) is 0 Å². The van der Waals surface area contributed by atoms with Gasteiger partial charge in [0.05, 0.1) is 0 Å². The van der Waals surface area contributed by atoms with E-state index >= 15 is 0 Å². The molecule has 2 amide bonds. The first-order chi connectivity index (χ1) is 4.59. The van der Waals surface area contributed by atoms with Crippen LogP contribution < -0.4 is 5.43 Å². The van der Waals surface area contributed by atoms with Gasteiger partial charge < -0.3 is 10.2 Å². The average molecular weight is 148 g/mol. The van der Waals surface area contributed by atoms with Gasteiger partial charge in [-0.15, -0.1) is 5.01 Å². The third kappa shape index (κ3) is 2.31. The van der Waals surface area contributed by atoms with Crippen molar-refractivity contribution in [1.29, 1.82) is 0 Å². The predicted octanol–water partition coefficient (Wildman–Crippen LogP) is 0.169. The van der Waals surface area contributed by atoms with Gasteiger partial charge in [0.25, 0.3) is 0 Å². The number of carboxylic acid groups (broad SMARTS) is 2. The van der Waals surface area contributed by atoms with Crippen LogP contribution in [0.1, 0.15) is 6.92 Å². The summed E-state index contributed by atoms with van der Waals surface area (Å²) in [6.45, 7) is 1.84. The fourth-order valence-corrected chi connectivity index (χ4v) is 0.375. The lowest BCUT2D eigenvalue weighted by Gasteiger charge is -2.11. The van der Waals surface area contributed by atoms with Crippen LogP contribution in [0.5, 0.6) is 0 Å². The minimum Gasteiger partial charge on any atom is -0.464 e. The maximum atomic E-state index is 10.0. The van der Waals surface area contributed by atoms with Crippen LogP contribution in [0.15, 0.2) is 0 Å². The topological polar surface area (TPSA) is 89.9 Å². The first-order valence-electron chi connectivity index (χ1n) is 2.59. The molecule has 6 heteroatoms. The van der Waals surface area contributed by atoms with Crippen LogP contribution in [0, 0.1) is 0 Å². The summed E-state index contributed by atoms with van der Waals surface area (Å²) >= 11 is 0. The zero-order valence-electron chi connectivity index (χ0n) is 5.37. The van der Waals surface area contributed by atoms with Crippen LogP contribution >= 0.6 is 0 Å². The van der Waals surface area contributed by atoms with Gasteiger partial charge in [-0.1, -0.05) is 6.92 Å². The highest BCUT2D eigenvalue weighted by atomic mass is 16.4. The smallest absolute Gasteiger partial charge is 0.431 e. The molecule has 10 heavy (non-hydrogen) atoms. The van der Waals surface area contributed by atoms with E-state index in [0.29, 0.717) is 0 Å². The van der Waals surface area contributed by atoms with Crippen molar-refractivity contribution in [3.8, 4) is 0 Å². The molecule has 0 atom stereocenters. The molecular weight excluding hydrogens is 140 g/mol. The number of nitrogens with one attached hydrogen (secondary N) is 1. The summed E-state index contributed by atoms with van der Waals surface area (Å²) in [5, 5.41) is 16.4. The number of carbonyl (C=O) groups is 2. The fraction of sp³-hybridized carbons (Fsp3) is 0.500. The summed E-state index contributed by atoms with van der Waals surface area (Å²) in [5.74, 6) is 0. The molecule has 0 fully saturated rings. The highest BCUT2D eigenvalue weighted by Gasteiger charge is 2.17. The second-order valence-electron chi connectivity index (χ2n) is 1.41. The Morgan fingerprint density at radius 3 is 1.90 bits per heavy atom. The molecule has 0 unspecified atom stereocenters. The molecule has 58 valence electrons. The maximum absolute atomic E-state index is 10.0. The van der Waals surface area contributed by atoms with E-state index in [1.54, 1.807) is 6.92 Å². The van der Waals surface area contributed by atoms with Crippen molar-refractivity contribution in [3.63, 3.8) is 0 Å². The summed E-state index contributed by atoms with van der Waals surface area (Å²) in [6, 6.07) is 0. The summed E-state index contributed by atoms with van der Waals surface area (Å²) in [5.41, 5.74) is 2.12. The molecule has 0 aromatic heterocycles. The van der Waals surface area contributed by atoms with Crippen molar-refractivity contribution < 1.29 is 19.8 Å². The van der Waals surface area contributed by atoms with Gasteiger partial charge in [0.15, 0.2) is 0 Å². The molecule has 6 nitrogen and oxygen atoms in total. The summed E-state index contributed by atoms with van der Waals surface area (Å²) in [6.07, 6.45) is -3.07. The summed E-state index contributed by atoms with van der Waals surface area (Å²) in [7, 11) is 0. The Bertz CT molecular complexity index is 132. The SMILES string of the molecule is CCNN(C(=O)O)C(=O)O. The second kappa shape index (κ2) is 3.67. The highest BCUT2D eigenvalue weighted by molar-refractivity contribution is 5.84. The first-order valence-corrected chi connectivity index (χ1v) is 2.59. The standard InChI is InChI=1S/C4H8N2O4/c1-2-5-6(3(7)8)4(9)10/h5H,2H2,1H3,(H,7,8)(H,9,10). The molecule has 0 aromatic carbocycles. The van der Waals surface area contributed by atoms with E-state index in [0.717, 1.165) is 0 Å². The molecule has 0 bridgehead atoms. The van der Waals surface area contributed by atoms with E-state index in [4.69, 9.17) is 10.2 Å². The molecule has 0 aliphatic rings. The maximum Gasteiger partial charge on any atom is 0.431 e. The lowest BCUT2D eigenvalue weighted by Crippen LogP contribution is -2.45. The van der Waals surface area contributed by atoms with Crippen molar-refractivity contribution >= 4 is 12.2 Å². The average Bonchev–Trinajstić information content (AvgIpc) is 1.81. The molecule has 0 spiro atoms. The molecule has 0 saturated heterocycles. The van der Waals surface area contributed by atoms with Crippen LogP contribution in [0.25, 0.3) is 0 Å². The van der Waals surface area contributed by atoms with E-state index in [-0.39, 0.29) is 11.6 Å². The zero-order chi connectivity index (χ0) is 8.15. The first kappa shape index (κ1) is 8.70. The molecule has 0 aliphatic heterocycles. The molecular formula is C4H8N2O4. The Labute approximate surface area is 57.0 Å². The van der Waals surface area contributed by atoms with Crippen molar-refractivity contribution in [3.05, 3.63) is 0 Å². The van der Waals surface area contributed by atoms with Crippen LogP contribution in [0.4, 0.5) is 9.59 Å². The van der Waals surface area contributed by atoms with Crippen molar-refractivity contribution in [2.45, 2.75) is 6.92 Å². The molecule has 0 aromatic rings. The Balaban J connectivity index is 3.98. The Morgan fingerprint density at radius 2 is 1.80 bits per heavy atom.